The Morgan fingerprint density at radius 2 is 2.24 bits per heavy atom. The van der Waals surface area contributed by atoms with E-state index in [0.29, 0.717) is 54.1 Å². The van der Waals surface area contributed by atoms with Crippen molar-refractivity contribution in [3.05, 3.63) is 30.6 Å². The Hall–Kier alpha value is -2.94. The first-order chi connectivity index (χ1) is 14.1. The molecule has 1 saturated heterocycles. The lowest BCUT2D eigenvalue weighted by Crippen LogP contribution is -2.31. The first-order valence-corrected chi connectivity index (χ1v) is 9.90. The molecule has 0 bridgehead atoms. The highest BCUT2D eigenvalue weighted by atomic mass is 16.5. The van der Waals surface area contributed by atoms with Crippen LogP contribution in [0.1, 0.15) is 23.2 Å². The number of carbonyl (C=O) groups is 2. The van der Waals surface area contributed by atoms with Gasteiger partial charge in [0.1, 0.15) is 11.3 Å². The summed E-state index contributed by atoms with van der Waals surface area (Å²) in [5.74, 6) is 1.37. The van der Waals surface area contributed by atoms with Crippen LogP contribution in [0.15, 0.2) is 25.0 Å². The summed E-state index contributed by atoms with van der Waals surface area (Å²) in [6.07, 6.45) is 7.05. The van der Waals surface area contributed by atoms with Crippen molar-refractivity contribution < 1.29 is 14.3 Å². The van der Waals surface area contributed by atoms with E-state index in [1.165, 1.54) is 18.9 Å². The molecule has 154 valence electrons. The second kappa shape index (κ2) is 8.20. The first-order valence-electron chi connectivity index (χ1n) is 9.90. The normalized spacial score (nSPS) is 21.3. The molecule has 2 atom stereocenters. The van der Waals surface area contributed by atoms with Crippen molar-refractivity contribution >= 4 is 28.8 Å². The lowest BCUT2D eigenvalue weighted by atomic mass is 9.98. The van der Waals surface area contributed by atoms with Gasteiger partial charge in [-0.15, -0.1) is 0 Å². The zero-order valence-electron chi connectivity index (χ0n) is 16.5. The van der Waals surface area contributed by atoms with Crippen LogP contribution in [-0.2, 0) is 9.53 Å². The highest BCUT2D eigenvalue weighted by Crippen LogP contribution is 2.42. The van der Waals surface area contributed by atoms with Gasteiger partial charge in [-0.1, -0.05) is 6.58 Å². The Bertz CT molecular complexity index is 922. The molecule has 9 nitrogen and oxygen atoms in total. The van der Waals surface area contributed by atoms with Gasteiger partial charge in [0.05, 0.1) is 18.4 Å². The van der Waals surface area contributed by atoms with Crippen LogP contribution in [0.2, 0.25) is 0 Å². The SMILES string of the molecule is C=CC(=O)N1CC(C2CC2)[C@@H](Nc2cnc3[nH]cc(C(=O)NCCOC)c3n2)C1. The van der Waals surface area contributed by atoms with Crippen molar-refractivity contribution in [1.29, 1.82) is 0 Å². The molecule has 3 N–H and O–H groups in total. The summed E-state index contributed by atoms with van der Waals surface area (Å²) >= 11 is 0. The van der Waals surface area contributed by atoms with Crippen LogP contribution >= 0.6 is 0 Å². The van der Waals surface area contributed by atoms with Crippen LogP contribution in [0.3, 0.4) is 0 Å². The summed E-state index contributed by atoms with van der Waals surface area (Å²) in [5, 5.41) is 6.25. The minimum atomic E-state index is -0.223. The van der Waals surface area contributed by atoms with Gasteiger partial charge < -0.3 is 25.3 Å². The summed E-state index contributed by atoms with van der Waals surface area (Å²) < 4.78 is 4.96. The average Bonchev–Trinajstić information content (AvgIpc) is 3.35. The van der Waals surface area contributed by atoms with Crippen LogP contribution in [0.4, 0.5) is 5.82 Å². The minimum Gasteiger partial charge on any atom is -0.383 e. The smallest absolute Gasteiger partial charge is 0.255 e. The van der Waals surface area contributed by atoms with E-state index in [2.05, 4.69) is 32.2 Å². The van der Waals surface area contributed by atoms with Crippen molar-refractivity contribution in [2.75, 3.05) is 38.7 Å². The molecule has 0 spiro atoms. The van der Waals surface area contributed by atoms with Gasteiger partial charge >= 0.3 is 0 Å². The van der Waals surface area contributed by atoms with Crippen LogP contribution < -0.4 is 10.6 Å². The van der Waals surface area contributed by atoms with Gasteiger partial charge in [0.15, 0.2) is 5.65 Å². The number of nitrogens with zero attached hydrogens (tertiary/aromatic N) is 3. The molecule has 1 aliphatic heterocycles. The molecule has 2 aromatic heterocycles. The van der Waals surface area contributed by atoms with Gasteiger partial charge in [-0.05, 0) is 24.8 Å². The van der Waals surface area contributed by atoms with Crippen molar-refractivity contribution in [2.24, 2.45) is 11.8 Å². The molecule has 0 radical (unpaired) electrons. The number of H-pyrrole nitrogens is 1. The number of aromatic amines is 1. The molecule has 1 saturated carbocycles. The summed E-state index contributed by atoms with van der Waals surface area (Å²) in [4.78, 5) is 38.3. The number of hydrogen-bond donors (Lipinski definition) is 3. The van der Waals surface area contributed by atoms with Crippen molar-refractivity contribution in [3.63, 3.8) is 0 Å². The van der Waals surface area contributed by atoms with Crippen molar-refractivity contribution in [2.45, 2.75) is 18.9 Å². The van der Waals surface area contributed by atoms with Crippen LogP contribution in [0.5, 0.6) is 0 Å². The van der Waals surface area contributed by atoms with E-state index in [1.807, 2.05) is 4.90 Å². The van der Waals surface area contributed by atoms with Gasteiger partial charge in [0.25, 0.3) is 5.91 Å². The van der Waals surface area contributed by atoms with Gasteiger partial charge in [-0.3, -0.25) is 9.59 Å². The third kappa shape index (κ3) is 4.09. The van der Waals surface area contributed by atoms with Crippen LogP contribution in [-0.4, -0.2) is 71.1 Å². The van der Waals surface area contributed by atoms with E-state index in [4.69, 9.17) is 4.74 Å². The fourth-order valence-electron chi connectivity index (χ4n) is 3.98. The first kappa shape index (κ1) is 19.4. The number of anilines is 1. The number of amides is 2. The van der Waals surface area contributed by atoms with E-state index in [0.717, 1.165) is 6.54 Å². The molecule has 3 heterocycles. The number of hydrogen-bond acceptors (Lipinski definition) is 6. The highest BCUT2D eigenvalue weighted by Gasteiger charge is 2.43. The quantitative estimate of drug-likeness (QED) is 0.455. The molecule has 2 aromatic rings. The maximum atomic E-state index is 12.4. The standard InChI is InChI=1S/C20H26N6O3/c1-3-17(27)26-10-14(12-4-5-12)15(11-26)24-16-9-23-19-18(25-16)13(8-22-19)20(28)21-6-7-29-2/h3,8-9,12,14-15H,1,4-7,10-11H2,2H3,(H,21,28)(H,22,23)(H,24,25)/t14?,15-/m0/s1. The Balaban J connectivity index is 1.51. The monoisotopic (exact) mass is 398 g/mol. The van der Waals surface area contributed by atoms with E-state index in [-0.39, 0.29) is 17.9 Å². The number of methoxy groups -OCH3 is 1. The van der Waals surface area contributed by atoms with Crippen molar-refractivity contribution in [3.8, 4) is 0 Å². The molecule has 2 fully saturated rings. The third-order valence-electron chi connectivity index (χ3n) is 5.63. The molecule has 9 heteroatoms. The summed E-state index contributed by atoms with van der Waals surface area (Å²) in [6.45, 7) is 5.81. The number of aromatic nitrogens is 3. The van der Waals surface area contributed by atoms with Gasteiger partial charge in [0.2, 0.25) is 5.91 Å². The molecule has 29 heavy (non-hydrogen) atoms. The number of rotatable bonds is 8. The lowest BCUT2D eigenvalue weighted by Gasteiger charge is -2.19. The fraction of sp³-hybridized carbons (Fsp3) is 0.500. The van der Waals surface area contributed by atoms with E-state index < -0.39 is 0 Å². The molecule has 2 amide bonds. The summed E-state index contributed by atoms with van der Waals surface area (Å²) in [6, 6.07) is 0.107. The topological polar surface area (TPSA) is 112 Å². The molecule has 1 unspecified atom stereocenters. The van der Waals surface area contributed by atoms with Crippen LogP contribution in [0, 0.1) is 11.8 Å². The van der Waals surface area contributed by atoms with E-state index >= 15 is 0 Å². The second-order valence-corrected chi connectivity index (χ2v) is 7.60. The zero-order chi connectivity index (χ0) is 20.4. The third-order valence-corrected chi connectivity index (χ3v) is 5.63. The Morgan fingerprint density at radius 3 is 2.97 bits per heavy atom. The van der Waals surface area contributed by atoms with E-state index in [1.54, 1.807) is 19.5 Å². The predicted molar refractivity (Wildman–Crippen MR) is 108 cm³/mol. The molecular weight excluding hydrogens is 372 g/mol. The zero-order valence-corrected chi connectivity index (χ0v) is 16.5. The molecular formula is C20H26N6O3. The number of fused-ring (bicyclic) bond motifs is 1. The number of carbonyl (C=O) groups excluding carboxylic acids is 2. The van der Waals surface area contributed by atoms with E-state index in [9.17, 15) is 9.59 Å². The lowest BCUT2D eigenvalue weighted by molar-refractivity contribution is -0.125. The maximum Gasteiger partial charge on any atom is 0.255 e. The summed E-state index contributed by atoms with van der Waals surface area (Å²) in [5.41, 5.74) is 1.52. The largest absolute Gasteiger partial charge is 0.383 e. The van der Waals surface area contributed by atoms with Crippen LogP contribution in [0.25, 0.3) is 11.2 Å². The van der Waals surface area contributed by atoms with Crippen molar-refractivity contribution in [1.82, 2.24) is 25.2 Å². The molecule has 4 rings (SSSR count). The summed E-state index contributed by atoms with van der Waals surface area (Å²) in [7, 11) is 1.59. The Kier molecular flexibility index (Phi) is 5.48. The minimum absolute atomic E-state index is 0.0397. The van der Waals surface area contributed by atoms with Gasteiger partial charge in [0, 0.05) is 44.9 Å². The Morgan fingerprint density at radius 1 is 1.41 bits per heavy atom. The van der Waals surface area contributed by atoms with Gasteiger partial charge in [-0.2, -0.15) is 0 Å². The predicted octanol–water partition coefficient (Wildman–Crippen LogP) is 1.17. The Labute approximate surface area is 168 Å². The average molecular weight is 398 g/mol. The maximum absolute atomic E-state index is 12.4. The second-order valence-electron chi connectivity index (χ2n) is 7.60. The molecule has 1 aliphatic carbocycles. The highest BCUT2D eigenvalue weighted by molar-refractivity contribution is 6.04. The van der Waals surface area contributed by atoms with Gasteiger partial charge in [-0.25, -0.2) is 9.97 Å². The fourth-order valence-corrected chi connectivity index (χ4v) is 3.98. The molecule has 0 aromatic carbocycles. The molecule has 2 aliphatic rings. The number of likely N-dealkylation sites (tertiary alicyclic amines) is 1. The number of ether oxygens (including phenoxy) is 1. The number of nitrogens with one attached hydrogen (secondary N) is 3.